The number of carbonyl (C=O) groups is 2. The van der Waals surface area contributed by atoms with Gasteiger partial charge in [-0.25, -0.2) is 9.37 Å². The molecular weight excluding hydrogens is 503 g/mol. The number of rotatable bonds is 7. The highest BCUT2D eigenvalue weighted by atomic mass is 19.1. The lowest BCUT2D eigenvalue weighted by molar-refractivity contribution is -0.143. The number of benzene rings is 1. The van der Waals surface area contributed by atoms with Gasteiger partial charge in [0.15, 0.2) is 0 Å². The van der Waals surface area contributed by atoms with Gasteiger partial charge in [0.05, 0.1) is 17.2 Å². The fourth-order valence-corrected chi connectivity index (χ4v) is 5.56. The summed E-state index contributed by atoms with van der Waals surface area (Å²) < 4.78 is 21.3. The molecule has 39 heavy (non-hydrogen) atoms. The minimum Gasteiger partial charge on any atom is -0.476 e. The molecule has 2 aliphatic rings. The first-order chi connectivity index (χ1) is 18.9. The first kappa shape index (κ1) is 27.0. The zero-order valence-electron chi connectivity index (χ0n) is 22.2. The number of nitrogens with one attached hydrogen (secondary N) is 2. The Kier molecular flexibility index (Phi) is 8.08. The summed E-state index contributed by atoms with van der Waals surface area (Å²) in [5, 5.41) is 13.4. The number of aliphatic hydroxyl groups is 1. The van der Waals surface area contributed by atoms with E-state index in [0.29, 0.717) is 36.5 Å². The number of halogens is 1. The lowest BCUT2D eigenvalue weighted by Crippen LogP contribution is -2.48. The van der Waals surface area contributed by atoms with Gasteiger partial charge in [0, 0.05) is 31.3 Å². The molecule has 2 amide bonds. The van der Waals surface area contributed by atoms with Crippen LogP contribution >= 0.6 is 0 Å². The lowest BCUT2D eigenvalue weighted by atomic mass is 9.81. The number of fused-ring (bicyclic) bond motifs is 1. The molecule has 1 saturated carbocycles. The summed E-state index contributed by atoms with van der Waals surface area (Å²) in [6.07, 6.45) is 6.92. The zero-order chi connectivity index (χ0) is 27.4. The number of hydrogen-bond donors (Lipinski definition) is 3. The van der Waals surface area contributed by atoms with Gasteiger partial charge in [-0.3, -0.25) is 14.5 Å². The van der Waals surface area contributed by atoms with Crippen LogP contribution in [0.25, 0.3) is 11.0 Å². The predicted molar refractivity (Wildman–Crippen MR) is 143 cm³/mol. The summed E-state index contributed by atoms with van der Waals surface area (Å²) in [7, 11) is 1.51. The Hall–Kier alpha value is -3.57. The van der Waals surface area contributed by atoms with E-state index in [-0.39, 0.29) is 24.4 Å². The second-order valence-corrected chi connectivity index (χ2v) is 10.4. The van der Waals surface area contributed by atoms with E-state index in [4.69, 9.17) is 4.74 Å². The Morgan fingerprint density at radius 1 is 1.21 bits per heavy atom. The number of aromatic nitrogens is 3. The third kappa shape index (κ3) is 6.04. The smallest absolute Gasteiger partial charge is 0.280 e. The lowest BCUT2D eigenvalue weighted by Gasteiger charge is -2.35. The van der Waals surface area contributed by atoms with Crippen LogP contribution in [0.1, 0.15) is 61.3 Å². The molecule has 1 aliphatic heterocycles. The van der Waals surface area contributed by atoms with Crippen molar-refractivity contribution in [2.75, 3.05) is 33.3 Å². The maximum absolute atomic E-state index is 13.4. The molecule has 208 valence electrons. The van der Waals surface area contributed by atoms with Gasteiger partial charge in [0.2, 0.25) is 11.5 Å². The summed E-state index contributed by atoms with van der Waals surface area (Å²) in [6, 6.07) is 6.94. The topological polar surface area (TPSA) is 125 Å². The van der Waals surface area contributed by atoms with Crippen LogP contribution in [0.4, 0.5) is 4.39 Å². The number of pyridine rings is 1. The van der Waals surface area contributed by atoms with Crippen LogP contribution in [0.15, 0.2) is 41.5 Å². The first-order valence-corrected chi connectivity index (χ1v) is 13.6. The van der Waals surface area contributed by atoms with Crippen molar-refractivity contribution in [1.29, 1.82) is 0 Å². The van der Waals surface area contributed by atoms with Gasteiger partial charge >= 0.3 is 0 Å². The van der Waals surface area contributed by atoms with Crippen molar-refractivity contribution in [1.82, 2.24) is 24.8 Å². The number of piperidine rings is 1. The number of aromatic amines is 1. The number of likely N-dealkylation sites (N-methyl/N-ethyl adjacent to an activating group) is 1. The Morgan fingerprint density at radius 2 is 1.92 bits per heavy atom. The number of H-pyrrole nitrogens is 1. The first-order valence-electron chi connectivity index (χ1n) is 13.6. The van der Waals surface area contributed by atoms with E-state index in [2.05, 4.69) is 25.2 Å². The van der Waals surface area contributed by atoms with Gasteiger partial charge in [-0.05, 0) is 75.9 Å². The Morgan fingerprint density at radius 3 is 2.62 bits per heavy atom. The average Bonchev–Trinajstić information content (AvgIpc) is 3.31. The zero-order valence-corrected chi connectivity index (χ0v) is 22.2. The quantitative estimate of drug-likeness (QED) is 0.425. The number of ether oxygens (including phenoxy) is 1. The summed E-state index contributed by atoms with van der Waals surface area (Å²) >= 11 is 0. The second kappa shape index (κ2) is 11.7. The fourth-order valence-electron chi connectivity index (χ4n) is 5.56. The molecule has 3 aromatic rings. The highest BCUT2D eigenvalue weighted by Crippen LogP contribution is 2.36. The van der Waals surface area contributed by atoms with Crippen LogP contribution in [0, 0.1) is 5.82 Å². The van der Waals surface area contributed by atoms with Crippen LogP contribution < -0.4 is 15.7 Å². The van der Waals surface area contributed by atoms with Crippen LogP contribution in [-0.4, -0.2) is 75.2 Å². The molecule has 0 spiro atoms. The van der Waals surface area contributed by atoms with Gasteiger partial charge in [0.1, 0.15) is 18.0 Å². The van der Waals surface area contributed by atoms with Crippen molar-refractivity contribution in [3.8, 4) is 5.88 Å². The van der Waals surface area contributed by atoms with Crippen molar-refractivity contribution in [2.45, 2.75) is 56.6 Å². The van der Waals surface area contributed by atoms with E-state index in [1.54, 1.807) is 6.20 Å². The molecule has 3 heterocycles. The number of hydrogen-bond acceptors (Lipinski definition) is 6. The van der Waals surface area contributed by atoms with Crippen molar-refractivity contribution in [3.63, 3.8) is 0 Å². The van der Waals surface area contributed by atoms with E-state index >= 15 is 0 Å². The van der Waals surface area contributed by atoms with E-state index in [1.165, 1.54) is 50.6 Å². The monoisotopic (exact) mass is 538 g/mol. The average molecular weight is 539 g/mol. The van der Waals surface area contributed by atoms with Crippen LogP contribution in [0.2, 0.25) is 0 Å². The molecular formula is C28H35FN6O4. The van der Waals surface area contributed by atoms with Crippen molar-refractivity contribution >= 4 is 22.8 Å². The highest BCUT2D eigenvalue weighted by Gasteiger charge is 2.40. The molecule has 11 heteroatoms. The van der Waals surface area contributed by atoms with Crippen LogP contribution in [-0.2, 0) is 4.79 Å². The Balaban J connectivity index is 1.45. The predicted octanol–water partition coefficient (Wildman–Crippen LogP) is 2.70. The van der Waals surface area contributed by atoms with E-state index in [0.717, 1.165) is 25.2 Å². The fraction of sp³-hybridized carbons (Fsp3) is 0.500. The molecule has 0 atom stereocenters. The van der Waals surface area contributed by atoms with Gasteiger partial charge in [-0.15, -0.1) is 0 Å². The van der Waals surface area contributed by atoms with Gasteiger partial charge in [-0.1, -0.05) is 6.42 Å². The van der Waals surface area contributed by atoms with E-state index in [9.17, 15) is 19.1 Å². The minimum absolute atomic E-state index is 0.132. The summed E-state index contributed by atoms with van der Waals surface area (Å²) in [4.78, 5) is 39.6. The molecule has 0 radical (unpaired) electrons. The van der Waals surface area contributed by atoms with Crippen molar-refractivity contribution in [2.24, 2.45) is 4.99 Å². The molecule has 1 aromatic carbocycles. The maximum Gasteiger partial charge on any atom is 0.280 e. The molecule has 3 N–H and O–H groups in total. The van der Waals surface area contributed by atoms with Crippen molar-refractivity contribution < 1.29 is 23.8 Å². The SMILES string of the molecule is CNC(=O)[C@]1(O)CC[C@@H](n2/c(=N/C(=O)c3ccc(F)cc3)[nH]c3cnc(OCCN4CCCCC4)cc32)CC1. The second-order valence-electron chi connectivity index (χ2n) is 10.4. The molecule has 1 aliphatic carbocycles. The summed E-state index contributed by atoms with van der Waals surface area (Å²) in [6.45, 7) is 3.53. The Labute approximate surface area is 225 Å². The Bertz CT molecular complexity index is 1390. The third-order valence-corrected chi connectivity index (χ3v) is 7.79. The summed E-state index contributed by atoms with van der Waals surface area (Å²) in [5.74, 6) is -0.868. The number of likely N-dealkylation sites (tertiary alicyclic amines) is 1. The molecule has 2 fully saturated rings. The standard InChI is InChI=1S/C28H35FN6O4/c1-30-26(37)28(38)11-9-21(10-12-28)35-23-17-24(39-16-15-34-13-3-2-4-14-34)31-18-22(23)32-27(35)33-25(36)19-5-7-20(29)8-6-19/h5-8,17-18,21,38H,2-4,9-16H2,1H3,(H,30,37)(H,32,33,36)/t21-,28+. The number of carbonyl (C=O) groups excluding carboxylic acids is 2. The highest BCUT2D eigenvalue weighted by molar-refractivity contribution is 5.95. The molecule has 10 nitrogen and oxygen atoms in total. The van der Waals surface area contributed by atoms with Crippen molar-refractivity contribution in [3.05, 3.63) is 53.5 Å². The van der Waals surface area contributed by atoms with Gasteiger partial charge in [0.25, 0.3) is 11.8 Å². The van der Waals surface area contributed by atoms with Crippen LogP contribution in [0.5, 0.6) is 5.88 Å². The maximum atomic E-state index is 13.4. The molecule has 5 rings (SSSR count). The summed E-state index contributed by atoms with van der Waals surface area (Å²) in [5.41, 5.74) is 0.597. The van der Waals surface area contributed by atoms with Crippen LogP contribution in [0.3, 0.4) is 0 Å². The van der Waals surface area contributed by atoms with E-state index in [1.807, 2.05) is 10.6 Å². The number of imidazole rings is 1. The van der Waals surface area contributed by atoms with Gasteiger partial charge in [-0.2, -0.15) is 4.99 Å². The molecule has 2 aromatic heterocycles. The normalized spacial score (nSPS) is 22.6. The van der Waals surface area contributed by atoms with Gasteiger partial charge < -0.3 is 24.7 Å². The third-order valence-electron chi connectivity index (χ3n) is 7.79. The molecule has 1 saturated heterocycles. The van der Waals surface area contributed by atoms with E-state index < -0.39 is 23.2 Å². The largest absolute Gasteiger partial charge is 0.476 e. The molecule has 0 unspecified atom stereocenters. The molecule has 0 bridgehead atoms. The number of amides is 2. The number of nitrogens with zero attached hydrogens (tertiary/aromatic N) is 4. The minimum atomic E-state index is -1.43.